The number of ether oxygens (including phenoxy) is 3. The van der Waals surface area contributed by atoms with Gasteiger partial charge in [0.05, 0.1) is 12.7 Å². The van der Waals surface area contributed by atoms with E-state index in [1.54, 1.807) is 42.5 Å². The van der Waals surface area contributed by atoms with Gasteiger partial charge in [0.25, 0.3) is 0 Å². The van der Waals surface area contributed by atoms with Gasteiger partial charge in [0.15, 0.2) is 0 Å². The minimum Gasteiger partial charge on any atom is -0.497 e. The van der Waals surface area contributed by atoms with Crippen LogP contribution in [0.4, 0.5) is 0 Å². The van der Waals surface area contributed by atoms with E-state index in [9.17, 15) is 9.59 Å². The summed E-state index contributed by atoms with van der Waals surface area (Å²) in [6.45, 7) is 0.330. The minimum atomic E-state index is -0.525. The third kappa shape index (κ3) is 4.93. The van der Waals surface area contributed by atoms with Crippen LogP contribution in [0.25, 0.3) is 11.0 Å². The highest BCUT2D eigenvalue weighted by Gasteiger charge is 2.12. The van der Waals surface area contributed by atoms with Gasteiger partial charge in [-0.25, -0.2) is 9.59 Å². The van der Waals surface area contributed by atoms with Crippen LogP contribution in [0, 0.1) is 0 Å². The molecule has 4 aromatic rings. The van der Waals surface area contributed by atoms with Crippen molar-refractivity contribution in [1.82, 2.24) is 0 Å². The first-order valence-electron chi connectivity index (χ1n) is 9.67. The lowest BCUT2D eigenvalue weighted by Crippen LogP contribution is -2.08. The van der Waals surface area contributed by atoms with Crippen molar-refractivity contribution in [3.05, 3.63) is 106 Å². The van der Waals surface area contributed by atoms with E-state index in [2.05, 4.69) is 0 Å². The van der Waals surface area contributed by atoms with Crippen molar-refractivity contribution in [2.45, 2.75) is 13.2 Å². The van der Waals surface area contributed by atoms with Crippen molar-refractivity contribution >= 4 is 16.9 Å². The first-order valence-corrected chi connectivity index (χ1v) is 9.67. The fourth-order valence-electron chi connectivity index (χ4n) is 3.14. The molecule has 0 saturated heterocycles. The molecule has 0 radical (unpaired) electrons. The SMILES string of the molecule is COc1ccc2c(COC(=O)c3cccc(OCc4ccccc4)c3)cc(=O)oc2c1. The molecule has 4 rings (SSSR count). The fraction of sp³-hybridized carbons (Fsp3) is 0.120. The Morgan fingerprint density at radius 3 is 2.52 bits per heavy atom. The first kappa shape index (κ1) is 20.2. The molecule has 1 aromatic heterocycles. The number of fused-ring (bicyclic) bond motifs is 1. The maximum Gasteiger partial charge on any atom is 0.338 e. The summed E-state index contributed by atoms with van der Waals surface area (Å²) in [6.07, 6.45) is 0. The van der Waals surface area contributed by atoms with Crippen LogP contribution in [0.3, 0.4) is 0 Å². The average Bonchev–Trinajstić information content (AvgIpc) is 2.81. The summed E-state index contributed by atoms with van der Waals surface area (Å²) >= 11 is 0. The Bertz CT molecular complexity index is 1260. The molecule has 0 N–H and O–H groups in total. The topological polar surface area (TPSA) is 75.0 Å². The molecule has 0 atom stereocenters. The van der Waals surface area contributed by atoms with E-state index < -0.39 is 11.6 Å². The van der Waals surface area contributed by atoms with Gasteiger partial charge in [-0.2, -0.15) is 0 Å². The number of hydrogen-bond donors (Lipinski definition) is 0. The molecule has 0 bridgehead atoms. The first-order chi connectivity index (χ1) is 15.1. The standard InChI is InChI=1S/C25H20O6/c1-28-20-10-11-22-19(13-24(26)31-23(22)14-20)16-30-25(27)18-8-5-9-21(12-18)29-15-17-6-3-2-4-7-17/h2-14H,15-16H2,1H3. The van der Waals surface area contributed by atoms with Crippen molar-refractivity contribution in [3.63, 3.8) is 0 Å². The van der Waals surface area contributed by atoms with Crippen LogP contribution in [0.1, 0.15) is 21.5 Å². The number of rotatable bonds is 7. The number of methoxy groups -OCH3 is 1. The summed E-state index contributed by atoms with van der Waals surface area (Å²) in [5.41, 5.74) is 1.79. The van der Waals surface area contributed by atoms with Gasteiger partial charge in [0.2, 0.25) is 0 Å². The van der Waals surface area contributed by atoms with Gasteiger partial charge >= 0.3 is 11.6 Å². The summed E-state index contributed by atoms with van der Waals surface area (Å²) in [5, 5.41) is 0.674. The molecule has 0 spiro atoms. The predicted molar refractivity (Wildman–Crippen MR) is 115 cm³/mol. The summed E-state index contributed by atoms with van der Waals surface area (Å²) < 4.78 is 21.6. The van der Waals surface area contributed by atoms with Gasteiger partial charge in [-0.15, -0.1) is 0 Å². The van der Waals surface area contributed by atoms with E-state index in [4.69, 9.17) is 18.6 Å². The molecular weight excluding hydrogens is 396 g/mol. The van der Waals surface area contributed by atoms with E-state index in [0.717, 1.165) is 5.56 Å². The summed E-state index contributed by atoms with van der Waals surface area (Å²) in [7, 11) is 1.53. The molecule has 0 unspecified atom stereocenters. The zero-order chi connectivity index (χ0) is 21.6. The number of carbonyl (C=O) groups excluding carboxylic acids is 1. The van der Waals surface area contributed by atoms with E-state index in [0.29, 0.717) is 40.2 Å². The highest BCUT2D eigenvalue weighted by Crippen LogP contribution is 2.23. The molecular formula is C25H20O6. The molecule has 1 heterocycles. The second-order valence-corrected chi connectivity index (χ2v) is 6.83. The number of carbonyl (C=O) groups is 1. The smallest absolute Gasteiger partial charge is 0.338 e. The highest BCUT2D eigenvalue weighted by molar-refractivity contribution is 5.90. The Morgan fingerprint density at radius 2 is 1.71 bits per heavy atom. The monoisotopic (exact) mass is 416 g/mol. The minimum absolute atomic E-state index is 0.0671. The number of esters is 1. The summed E-state index contributed by atoms with van der Waals surface area (Å²) in [6, 6.07) is 23.0. The Morgan fingerprint density at radius 1 is 0.871 bits per heavy atom. The zero-order valence-electron chi connectivity index (χ0n) is 16.9. The van der Waals surface area contributed by atoms with Crippen LogP contribution < -0.4 is 15.1 Å². The maximum absolute atomic E-state index is 12.6. The van der Waals surface area contributed by atoms with E-state index in [1.807, 2.05) is 30.3 Å². The van der Waals surface area contributed by atoms with Gasteiger partial charge < -0.3 is 18.6 Å². The normalized spacial score (nSPS) is 10.6. The Hall–Kier alpha value is -4.06. The lowest BCUT2D eigenvalue weighted by Gasteiger charge is -2.10. The van der Waals surface area contributed by atoms with Crippen molar-refractivity contribution in [1.29, 1.82) is 0 Å². The van der Waals surface area contributed by atoms with Crippen molar-refractivity contribution in [3.8, 4) is 11.5 Å². The molecule has 0 aliphatic carbocycles. The lowest BCUT2D eigenvalue weighted by atomic mass is 10.1. The van der Waals surface area contributed by atoms with Crippen LogP contribution in [-0.4, -0.2) is 13.1 Å². The zero-order valence-corrected chi connectivity index (χ0v) is 16.9. The average molecular weight is 416 g/mol. The highest BCUT2D eigenvalue weighted by atomic mass is 16.5. The van der Waals surface area contributed by atoms with Gasteiger partial charge in [-0.3, -0.25) is 0 Å². The molecule has 0 fully saturated rings. The Labute approximate surface area is 178 Å². The van der Waals surface area contributed by atoms with Gasteiger partial charge in [0.1, 0.15) is 30.3 Å². The van der Waals surface area contributed by atoms with E-state index in [-0.39, 0.29) is 6.61 Å². The van der Waals surface area contributed by atoms with E-state index >= 15 is 0 Å². The molecule has 6 nitrogen and oxygen atoms in total. The Kier molecular flexibility index (Phi) is 5.98. The van der Waals surface area contributed by atoms with Crippen molar-refractivity contribution < 1.29 is 23.4 Å². The summed E-state index contributed by atoms with van der Waals surface area (Å²) in [4.78, 5) is 24.5. The second kappa shape index (κ2) is 9.17. The number of benzene rings is 3. The molecule has 3 aromatic carbocycles. The fourth-order valence-corrected chi connectivity index (χ4v) is 3.14. The van der Waals surface area contributed by atoms with Gasteiger partial charge in [0, 0.05) is 23.1 Å². The molecule has 31 heavy (non-hydrogen) atoms. The quantitative estimate of drug-likeness (QED) is 0.320. The summed E-state index contributed by atoms with van der Waals surface area (Å²) in [5.74, 6) is 0.619. The van der Waals surface area contributed by atoms with Crippen LogP contribution in [0.5, 0.6) is 11.5 Å². The largest absolute Gasteiger partial charge is 0.497 e. The van der Waals surface area contributed by atoms with Crippen molar-refractivity contribution in [2.24, 2.45) is 0 Å². The van der Waals surface area contributed by atoms with Crippen LogP contribution in [0.2, 0.25) is 0 Å². The molecule has 6 heteroatoms. The Balaban J connectivity index is 1.46. The van der Waals surface area contributed by atoms with Crippen LogP contribution >= 0.6 is 0 Å². The van der Waals surface area contributed by atoms with Gasteiger partial charge in [-0.05, 0) is 35.9 Å². The molecule has 0 aliphatic rings. The lowest BCUT2D eigenvalue weighted by molar-refractivity contribution is 0.0473. The molecule has 0 aliphatic heterocycles. The maximum atomic E-state index is 12.6. The van der Waals surface area contributed by atoms with Gasteiger partial charge in [-0.1, -0.05) is 36.4 Å². The van der Waals surface area contributed by atoms with Crippen molar-refractivity contribution in [2.75, 3.05) is 7.11 Å². The number of hydrogen-bond acceptors (Lipinski definition) is 6. The second-order valence-electron chi connectivity index (χ2n) is 6.83. The molecule has 0 saturated carbocycles. The third-order valence-corrected chi connectivity index (χ3v) is 4.71. The predicted octanol–water partition coefficient (Wildman–Crippen LogP) is 4.74. The third-order valence-electron chi connectivity index (χ3n) is 4.71. The van der Waals surface area contributed by atoms with Crippen LogP contribution in [-0.2, 0) is 18.0 Å². The molecule has 156 valence electrons. The van der Waals surface area contributed by atoms with Crippen LogP contribution in [0.15, 0.2) is 88.1 Å². The van der Waals surface area contributed by atoms with E-state index in [1.165, 1.54) is 13.2 Å². The molecule has 0 amide bonds.